The fourth-order valence-corrected chi connectivity index (χ4v) is 5.56. The van der Waals surface area contributed by atoms with Crippen molar-refractivity contribution in [3.8, 4) is 23.0 Å². The summed E-state index contributed by atoms with van der Waals surface area (Å²) in [5.41, 5.74) is 3.46. The van der Waals surface area contributed by atoms with Gasteiger partial charge in [0.1, 0.15) is 29.1 Å². The first kappa shape index (κ1) is 26.2. The molecule has 1 aliphatic rings. The number of hydrogen-bond acceptors (Lipinski definition) is 6. The number of benzene rings is 4. The Bertz CT molecular complexity index is 1420. The van der Waals surface area contributed by atoms with Crippen molar-refractivity contribution >= 4 is 5.97 Å². The molecule has 39 heavy (non-hydrogen) atoms. The van der Waals surface area contributed by atoms with Gasteiger partial charge in [-0.3, -0.25) is 4.79 Å². The first-order valence-electron chi connectivity index (χ1n) is 13.0. The molecule has 3 atom stereocenters. The number of aromatic hydroxyl groups is 2. The van der Waals surface area contributed by atoms with Gasteiger partial charge in [0.25, 0.3) is 0 Å². The smallest absolute Gasteiger partial charge is 0.305 e. The van der Waals surface area contributed by atoms with E-state index in [0.29, 0.717) is 30.9 Å². The van der Waals surface area contributed by atoms with Gasteiger partial charge in [-0.2, -0.15) is 0 Å². The number of fused-ring (bicyclic) bond motifs is 1. The molecule has 0 aromatic heterocycles. The fraction of sp³-hybridized carbons (Fsp3) is 0.242. The van der Waals surface area contributed by atoms with Crippen molar-refractivity contribution in [2.75, 3.05) is 13.7 Å². The number of esters is 1. The summed E-state index contributed by atoms with van der Waals surface area (Å²) in [4.78, 5) is 11.4. The van der Waals surface area contributed by atoms with Gasteiger partial charge in [-0.05, 0) is 53.4 Å². The van der Waals surface area contributed by atoms with Crippen molar-refractivity contribution in [3.63, 3.8) is 0 Å². The Hall–Kier alpha value is -4.45. The summed E-state index contributed by atoms with van der Waals surface area (Å²) in [6, 6.07) is 30.7. The van der Waals surface area contributed by atoms with Gasteiger partial charge >= 0.3 is 5.97 Å². The van der Waals surface area contributed by atoms with Crippen LogP contribution in [0, 0.1) is 0 Å². The molecule has 5 rings (SSSR count). The zero-order valence-electron chi connectivity index (χ0n) is 22.0. The van der Waals surface area contributed by atoms with Crippen LogP contribution in [-0.4, -0.2) is 29.9 Å². The average molecular weight is 525 g/mol. The van der Waals surface area contributed by atoms with Crippen LogP contribution in [0.1, 0.15) is 54.0 Å². The average Bonchev–Trinajstić information content (AvgIpc) is 2.96. The van der Waals surface area contributed by atoms with Gasteiger partial charge in [0, 0.05) is 29.4 Å². The molecule has 200 valence electrons. The number of carbonyl (C=O) groups excluding carboxylic acids is 1. The highest BCUT2D eigenvalue weighted by atomic mass is 16.5. The highest BCUT2D eigenvalue weighted by molar-refractivity contribution is 5.69. The third-order valence-corrected chi connectivity index (χ3v) is 7.52. The molecule has 0 spiro atoms. The summed E-state index contributed by atoms with van der Waals surface area (Å²) in [6.07, 6.45) is 0.506. The van der Waals surface area contributed by atoms with E-state index in [1.54, 1.807) is 24.3 Å². The van der Waals surface area contributed by atoms with E-state index in [1.807, 2.05) is 48.5 Å². The van der Waals surface area contributed by atoms with Gasteiger partial charge in [0.2, 0.25) is 0 Å². The lowest BCUT2D eigenvalue weighted by atomic mass is 9.60. The maximum absolute atomic E-state index is 11.4. The predicted molar refractivity (Wildman–Crippen MR) is 148 cm³/mol. The molecule has 2 N–H and O–H groups in total. The molecular formula is C33H32O6. The molecule has 3 unspecified atom stereocenters. The molecule has 6 nitrogen and oxygen atoms in total. The Labute approximate surface area is 228 Å². The standard InChI is InChI=1S/C33H32O6/c1-33(24-12-14-25(34)15-13-24)31(22-10-17-27(18-11-22)38-20-6-9-30(36)37-2)28-19-16-26(35)21-29(28)39-32(33)23-7-4-3-5-8-23/h3-5,7-8,10-19,21,31-32,34-35H,6,9,20H2,1-2H3. The Morgan fingerprint density at radius 3 is 2.26 bits per heavy atom. The summed E-state index contributed by atoms with van der Waals surface area (Å²) in [7, 11) is 1.38. The molecular weight excluding hydrogens is 492 g/mol. The minimum atomic E-state index is -0.581. The summed E-state index contributed by atoms with van der Waals surface area (Å²) < 4.78 is 17.2. The number of ether oxygens (including phenoxy) is 3. The monoisotopic (exact) mass is 524 g/mol. The number of carbonyl (C=O) groups is 1. The molecule has 0 aliphatic carbocycles. The van der Waals surface area contributed by atoms with Crippen molar-refractivity contribution in [1.82, 2.24) is 0 Å². The Balaban J connectivity index is 1.58. The van der Waals surface area contributed by atoms with Crippen LogP contribution < -0.4 is 9.47 Å². The van der Waals surface area contributed by atoms with Crippen LogP contribution in [0.15, 0.2) is 97.1 Å². The van der Waals surface area contributed by atoms with E-state index in [1.165, 1.54) is 7.11 Å². The van der Waals surface area contributed by atoms with E-state index < -0.39 is 5.41 Å². The normalized spacial score (nSPS) is 19.9. The first-order chi connectivity index (χ1) is 18.9. The summed E-state index contributed by atoms with van der Waals surface area (Å²) in [5, 5.41) is 20.4. The van der Waals surface area contributed by atoms with Gasteiger partial charge in [-0.25, -0.2) is 0 Å². The topological polar surface area (TPSA) is 85.2 Å². The molecule has 0 amide bonds. The van der Waals surface area contributed by atoms with E-state index >= 15 is 0 Å². The van der Waals surface area contributed by atoms with Crippen LogP contribution in [0.4, 0.5) is 0 Å². The van der Waals surface area contributed by atoms with Crippen LogP contribution in [-0.2, 0) is 14.9 Å². The molecule has 0 saturated heterocycles. The van der Waals surface area contributed by atoms with Crippen LogP contribution in [0.5, 0.6) is 23.0 Å². The third kappa shape index (κ3) is 5.28. The SMILES string of the molecule is COC(=O)CCCOc1ccc(C2c3ccc(O)cc3OC(c3ccccc3)C2(C)c2ccc(O)cc2)cc1. The number of methoxy groups -OCH3 is 1. The van der Waals surface area contributed by atoms with Crippen molar-refractivity contribution in [2.45, 2.75) is 37.2 Å². The Morgan fingerprint density at radius 1 is 0.872 bits per heavy atom. The van der Waals surface area contributed by atoms with Gasteiger partial charge in [0.15, 0.2) is 0 Å². The largest absolute Gasteiger partial charge is 0.508 e. The van der Waals surface area contributed by atoms with Crippen LogP contribution in [0.2, 0.25) is 0 Å². The van der Waals surface area contributed by atoms with Crippen molar-refractivity contribution in [2.24, 2.45) is 0 Å². The molecule has 1 aliphatic heterocycles. The first-order valence-corrected chi connectivity index (χ1v) is 13.0. The minimum absolute atomic E-state index is 0.142. The van der Waals surface area contributed by atoms with Crippen LogP contribution in [0.3, 0.4) is 0 Å². The van der Waals surface area contributed by atoms with Gasteiger partial charge < -0.3 is 24.4 Å². The highest BCUT2D eigenvalue weighted by Crippen LogP contribution is 2.58. The maximum atomic E-state index is 11.4. The molecule has 4 aromatic rings. The number of phenols is 2. The lowest BCUT2D eigenvalue weighted by Gasteiger charge is -2.49. The lowest BCUT2D eigenvalue weighted by molar-refractivity contribution is -0.140. The number of phenolic OH excluding ortho intramolecular Hbond substituents is 2. The second kappa shape index (κ2) is 11.1. The highest BCUT2D eigenvalue weighted by Gasteiger charge is 2.50. The zero-order valence-corrected chi connectivity index (χ0v) is 22.0. The van der Waals surface area contributed by atoms with Crippen LogP contribution >= 0.6 is 0 Å². The molecule has 0 fully saturated rings. The molecule has 0 bridgehead atoms. The molecule has 0 radical (unpaired) electrons. The third-order valence-electron chi connectivity index (χ3n) is 7.52. The van der Waals surface area contributed by atoms with Gasteiger partial charge in [-0.1, -0.05) is 67.6 Å². The van der Waals surface area contributed by atoms with Gasteiger partial charge in [-0.15, -0.1) is 0 Å². The van der Waals surface area contributed by atoms with E-state index in [-0.39, 0.29) is 29.5 Å². The second-order valence-electron chi connectivity index (χ2n) is 9.99. The maximum Gasteiger partial charge on any atom is 0.305 e. The lowest BCUT2D eigenvalue weighted by Crippen LogP contribution is -2.43. The zero-order chi connectivity index (χ0) is 27.4. The Morgan fingerprint density at radius 2 is 1.56 bits per heavy atom. The van der Waals surface area contributed by atoms with E-state index in [4.69, 9.17) is 14.2 Å². The van der Waals surface area contributed by atoms with Crippen molar-refractivity contribution < 1.29 is 29.2 Å². The van der Waals surface area contributed by atoms with E-state index in [9.17, 15) is 15.0 Å². The van der Waals surface area contributed by atoms with E-state index in [0.717, 1.165) is 22.3 Å². The molecule has 1 heterocycles. The minimum Gasteiger partial charge on any atom is -0.508 e. The molecule has 4 aromatic carbocycles. The quantitative estimate of drug-likeness (QED) is 0.198. The predicted octanol–water partition coefficient (Wildman–Crippen LogP) is 6.65. The summed E-state index contributed by atoms with van der Waals surface area (Å²) in [5.74, 6) is 1.29. The number of rotatable bonds is 8. The number of hydrogen-bond donors (Lipinski definition) is 2. The fourth-order valence-electron chi connectivity index (χ4n) is 5.56. The van der Waals surface area contributed by atoms with E-state index in [2.05, 4.69) is 31.2 Å². The molecule has 0 saturated carbocycles. The van der Waals surface area contributed by atoms with Crippen LogP contribution in [0.25, 0.3) is 0 Å². The summed E-state index contributed by atoms with van der Waals surface area (Å²) >= 11 is 0. The second-order valence-corrected chi connectivity index (χ2v) is 9.99. The Kier molecular flexibility index (Phi) is 7.46. The van der Waals surface area contributed by atoms with Gasteiger partial charge in [0.05, 0.1) is 13.7 Å². The van der Waals surface area contributed by atoms with Crippen molar-refractivity contribution in [3.05, 3.63) is 119 Å². The molecule has 6 heteroatoms. The van der Waals surface area contributed by atoms with Crippen molar-refractivity contribution in [1.29, 1.82) is 0 Å². The summed E-state index contributed by atoms with van der Waals surface area (Å²) in [6.45, 7) is 2.60.